The molecule has 0 radical (unpaired) electrons. The largest absolute Gasteiger partial charge is 0.309 e. The third kappa shape index (κ3) is 3.79. The highest BCUT2D eigenvalue weighted by Crippen LogP contribution is 2.42. The number of nitriles is 2. The molecule has 3 aromatic heterocycles. The summed E-state index contributed by atoms with van der Waals surface area (Å²) in [7, 11) is 0. The molecule has 0 aliphatic rings. The van der Waals surface area contributed by atoms with Gasteiger partial charge in [0.2, 0.25) is 0 Å². The zero-order valence-electron chi connectivity index (χ0n) is 26.2. The van der Waals surface area contributed by atoms with Gasteiger partial charge in [-0.3, -0.25) is 0 Å². The molecular formula is C44H25N5. The molecule has 5 nitrogen and oxygen atoms in total. The molecule has 0 unspecified atom stereocenters. The van der Waals surface area contributed by atoms with Crippen molar-refractivity contribution in [1.29, 1.82) is 10.5 Å². The fourth-order valence-corrected chi connectivity index (χ4v) is 7.84. The van der Waals surface area contributed by atoms with Crippen LogP contribution in [-0.2, 0) is 0 Å². The van der Waals surface area contributed by atoms with E-state index in [9.17, 15) is 10.5 Å². The van der Waals surface area contributed by atoms with E-state index in [1.807, 2.05) is 42.5 Å². The van der Waals surface area contributed by atoms with E-state index in [4.69, 9.17) is 0 Å². The van der Waals surface area contributed by atoms with E-state index in [-0.39, 0.29) is 0 Å². The normalized spacial score (nSPS) is 11.6. The minimum absolute atomic E-state index is 0.627. The van der Waals surface area contributed by atoms with Crippen molar-refractivity contribution < 1.29 is 0 Å². The van der Waals surface area contributed by atoms with E-state index in [2.05, 4.69) is 135 Å². The minimum atomic E-state index is 0.627. The number of para-hydroxylation sites is 3. The van der Waals surface area contributed by atoms with Crippen LogP contribution in [-0.4, -0.2) is 13.7 Å². The van der Waals surface area contributed by atoms with Gasteiger partial charge in [-0.05, 0) is 84.9 Å². The van der Waals surface area contributed by atoms with Crippen LogP contribution in [0.15, 0.2) is 152 Å². The summed E-state index contributed by atoms with van der Waals surface area (Å²) in [6.45, 7) is 0. The quantitative estimate of drug-likeness (QED) is 0.197. The Morgan fingerprint density at radius 1 is 0.347 bits per heavy atom. The summed E-state index contributed by atoms with van der Waals surface area (Å²) in [6, 6.07) is 57.1. The molecule has 0 aliphatic carbocycles. The first-order chi connectivity index (χ1) is 24.2. The van der Waals surface area contributed by atoms with Crippen LogP contribution in [0.5, 0.6) is 0 Å². The molecule has 0 aliphatic heterocycles. The molecule has 7 aromatic carbocycles. The summed E-state index contributed by atoms with van der Waals surface area (Å²) >= 11 is 0. The Labute approximate surface area is 280 Å². The number of aromatic nitrogens is 3. The molecule has 5 heteroatoms. The van der Waals surface area contributed by atoms with Crippen LogP contribution in [0, 0.1) is 22.7 Å². The summed E-state index contributed by atoms with van der Waals surface area (Å²) in [5.41, 5.74) is 10.9. The van der Waals surface area contributed by atoms with E-state index >= 15 is 0 Å². The lowest BCUT2D eigenvalue weighted by molar-refractivity contribution is 1.13. The zero-order valence-corrected chi connectivity index (χ0v) is 26.2. The van der Waals surface area contributed by atoms with Crippen molar-refractivity contribution in [2.24, 2.45) is 0 Å². The lowest BCUT2D eigenvalue weighted by atomic mass is 10.1. The third-order valence-electron chi connectivity index (χ3n) is 9.85. The molecule has 0 saturated carbocycles. The predicted molar refractivity (Wildman–Crippen MR) is 199 cm³/mol. The van der Waals surface area contributed by atoms with E-state index in [1.165, 1.54) is 10.8 Å². The zero-order chi connectivity index (χ0) is 32.6. The second kappa shape index (κ2) is 10.2. The maximum atomic E-state index is 10.0. The van der Waals surface area contributed by atoms with Crippen LogP contribution in [0.3, 0.4) is 0 Å². The summed E-state index contributed by atoms with van der Waals surface area (Å²) in [4.78, 5) is 0. The molecule has 3 heterocycles. The Hall–Kier alpha value is -7.08. The van der Waals surface area contributed by atoms with Gasteiger partial charge >= 0.3 is 0 Å². The smallest absolute Gasteiger partial charge is 0.0991 e. The maximum Gasteiger partial charge on any atom is 0.0991 e. The Morgan fingerprint density at radius 3 is 1.55 bits per heavy atom. The average molecular weight is 624 g/mol. The highest BCUT2D eigenvalue weighted by atomic mass is 15.0. The molecule has 49 heavy (non-hydrogen) atoms. The van der Waals surface area contributed by atoms with E-state index < -0.39 is 0 Å². The van der Waals surface area contributed by atoms with Crippen molar-refractivity contribution in [2.75, 3.05) is 0 Å². The van der Waals surface area contributed by atoms with Crippen LogP contribution < -0.4 is 0 Å². The van der Waals surface area contributed by atoms with Gasteiger partial charge in [0.15, 0.2) is 0 Å². The number of nitrogens with zero attached hydrogens (tertiary/aromatic N) is 5. The van der Waals surface area contributed by atoms with Crippen molar-refractivity contribution >= 4 is 65.4 Å². The lowest BCUT2D eigenvalue weighted by Gasteiger charge is -2.13. The van der Waals surface area contributed by atoms with E-state index in [0.717, 1.165) is 71.7 Å². The first-order valence-electron chi connectivity index (χ1n) is 16.2. The molecule has 0 fully saturated rings. The van der Waals surface area contributed by atoms with Gasteiger partial charge in [-0.15, -0.1) is 0 Å². The summed E-state index contributed by atoms with van der Waals surface area (Å²) in [5, 5.41) is 26.3. The number of fused-ring (bicyclic) bond motifs is 10. The van der Waals surface area contributed by atoms with Gasteiger partial charge in [-0.2, -0.15) is 10.5 Å². The van der Waals surface area contributed by atoms with Crippen LogP contribution >= 0.6 is 0 Å². The molecule has 0 amide bonds. The summed E-state index contributed by atoms with van der Waals surface area (Å²) in [5.74, 6) is 0. The van der Waals surface area contributed by atoms with E-state index in [1.54, 1.807) is 0 Å². The first-order valence-corrected chi connectivity index (χ1v) is 16.2. The molecule has 10 rings (SSSR count). The molecule has 0 bridgehead atoms. The van der Waals surface area contributed by atoms with Gasteiger partial charge in [-0.25, -0.2) is 0 Å². The number of hydrogen-bond donors (Lipinski definition) is 0. The molecule has 0 atom stereocenters. The standard InChI is InChI=1S/C44H25N5/c45-26-28-17-20-40-36(23-28)34-14-5-6-15-38(34)47(40)31-11-8-12-32(25-31)48-41-21-18-29(27-46)24-37(41)43-42(48)22-19-35-33-13-4-7-16-39(33)49(44(35)43)30-9-2-1-3-10-30/h1-25H. The number of rotatable bonds is 3. The van der Waals surface area contributed by atoms with Crippen LogP contribution in [0.1, 0.15) is 11.1 Å². The fraction of sp³-hybridized carbons (Fsp3) is 0. The average Bonchev–Trinajstić information content (AvgIpc) is 3.80. The number of hydrogen-bond acceptors (Lipinski definition) is 2. The Bertz CT molecular complexity index is 3070. The van der Waals surface area contributed by atoms with Gasteiger partial charge < -0.3 is 13.7 Å². The Kier molecular flexibility index (Phi) is 5.64. The monoisotopic (exact) mass is 623 g/mol. The summed E-state index contributed by atoms with van der Waals surface area (Å²) in [6.07, 6.45) is 0. The highest BCUT2D eigenvalue weighted by Gasteiger charge is 2.22. The Balaban J connectivity index is 1.32. The molecule has 0 saturated heterocycles. The van der Waals surface area contributed by atoms with Crippen molar-refractivity contribution in [3.8, 4) is 29.2 Å². The molecule has 0 N–H and O–H groups in total. The van der Waals surface area contributed by atoms with Gasteiger partial charge in [0, 0.05) is 49.4 Å². The van der Waals surface area contributed by atoms with Gasteiger partial charge in [0.25, 0.3) is 0 Å². The number of benzene rings is 7. The van der Waals surface area contributed by atoms with E-state index in [0.29, 0.717) is 11.1 Å². The minimum Gasteiger partial charge on any atom is -0.309 e. The lowest BCUT2D eigenvalue weighted by Crippen LogP contribution is -1.98. The third-order valence-corrected chi connectivity index (χ3v) is 9.85. The maximum absolute atomic E-state index is 10.0. The van der Waals surface area contributed by atoms with Gasteiger partial charge in [0.05, 0.1) is 56.4 Å². The van der Waals surface area contributed by atoms with Gasteiger partial charge in [-0.1, -0.05) is 66.7 Å². The molecule has 0 spiro atoms. The van der Waals surface area contributed by atoms with Crippen molar-refractivity contribution in [2.45, 2.75) is 0 Å². The van der Waals surface area contributed by atoms with Crippen LogP contribution in [0.2, 0.25) is 0 Å². The summed E-state index contributed by atoms with van der Waals surface area (Å²) < 4.78 is 6.96. The van der Waals surface area contributed by atoms with Crippen molar-refractivity contribution in [1.82, 2.24) is 13.7 Å². The molecule has 10 aromatic rings. The fourth-order valence-electron chi connectivity index (χ4n) is 7.84. The Morgan fingerprint density at radius 2 is 0.857 bits per heavy atom. The predicted octanol–water partition coefficient (Wildman–Crippen LogP) is 10.7. The SMILES string of the molecule is N#Cc1ccc2c(c1)c1ccccc1n2-c1cccc(-n2c3ccc(C#N)cc3c3c2ccc2c4ccccc4n(-c4ccccc4)c23)c1. The highest BCUT2D eigenvalue weighted by molar-refractivity contribution is 6.26. The molecular weight excluding hydrogens is 599 g/mol. The van der Waals surface area contributed by atoms with Crippen LogP contribution in [0.25, 0.3) is 82.5 Å². The first kappa shape index (κ1) is 27.1. The second-order valence-electron chi connectivity index (χ2n) is 12.4. The second-order valence-corrected chi connectivity index (χ2v) is 12.4. The van der Waals surface area contributed by atoms with Crippen molar-refractivity contribution in [3.63, 3.8) is 0 Å². The van der Waals surface area contributed by atoms with Crippen molar-refractivity contribution in [3.05, 3.63) is 163 Å². The molecule has 226 valence electrons. The van der Waals surface area contributed by atoms with Gasteiger partial charge in [0.1, 0.15) is 0 Å². The topological polar surface area (TPSA) is 62.4 Å². The van der Waals surface area contributed by atoms with Crippen LogP contribution in [0.4, 0.5) is 0 Å².